The summed E-state index contributed by atoms with van der Waals surface area (Å²) in [5, 5.41) is 17.4. The van der Waals surface area contributed by atoms with Crippen molar-refractivity contribution in [3.05, 3.63) is 24.3 Å². The highest BCUT2D eigenvalue weighted by atomic mass is 32.2. The first-order valence-electron chi connectivity index (χ1n) is 5.19. The second-order valence-electron chi connectivity index (χ2n) is 3.86. The molecule has 0 fully saturated rings. The Morgan fingerprint density at radius 1 is 1.39 bits per heavy atom. The van der Waals surface area contributed by atoms with Crippen LogP contribution in [0.3, 0.4) is 0 Å². The van der Waals surface area contributed by atoms with E-state index in [2.05, 4.69) is 12.8 Å². The van der Waals surface area contributed by atoms with Crippen LogP contribution in [0, 0.1) is 5.92 Å². The molecule has 2 atom stereocenters. The Morgan fingerprint density at radius 2 is 2.06 bits per heavy atom. The largest absolute Gasteiger partial charge is 0.481 e. The second kappa shape index (κ2) is 5.11. The fourth-order valence-corrected chi connectivity index (χ4v) is 3.65. The van der Waals surface area contributed by atoms with Gasteiger partial charge in [0.15, 0.2) is 0 Å². The molecule has 5 nitrogen and oxygen atoms in total. The van der Waals surface area contributed by atoms with E-state index in [0.29, 0.717) is 0 Å². The third-order valence-electron chi connectivity index (χ3n) is 2.66. The van der Waals surface area contributed by atoms with Crippen LogP contribution in [-0.2, 0) is 9.59 Å². The lowest BCUT2D eigenvalue weighted by atomic mass is 10.1. The lowest BCUT2D eigenvalue weighted by Gasteiger charge is -2.24. The zero-order valence-electron chi connectivity index (χ0n) is 9.18. The summed E-state index contributed by atoms with van der Waals surface area (Å²) in [5.41, 5.74) is 0.812. The lowest BCUT2D eigenvalue weighted by Crippen LogP contribution is -2.35. The quantitative estimate of drug-likeness (QED) is 0.734. The smallest absolute Gasteiger partial charge is 0.310 e. The minimum atomic E-state index is -1.12. The highest BCUT2D eigenvalue weighted by Crippen LogP contribution is 2.47. The summed E-state index contributed by atoms with van der Waals surface area (Å²) in [4.78, 5) is 22.8. The fourth-order valence-electron chi connectivity index (χ4n) is 1.81. The molecule has 1 aromatic rings. The molecule has 1 aliphatic heterocycles. The summed E-state index contributed by atoms with van der Waals surface area (Å²) in [6.45, 7) is 0. The van der Waals surface area contributed by atoms with Gasteiger partial charge in [0.2, 0.25) is 0 Å². The Bertz CT molecular complexity index is 494. The molecule has 1 heterocycles. The van der Waals surface area contributed by atoms with Crippen molar-refractivity contribution in [2.75, 3.05) is 4.31 Å². The SMILES string of the molecule is O=C(O)CC(C(=O)O)[C@@H]1Sc2ccccc2N1S. The molecular formula is C11H11NO4S2. The molecule has 0 saturated carbocycles. The summed E-state index contributed by atoms with van der Waals surface area (Å²) in [7, 11) is 0. The van der Waals surface area contributed by atoms with E-state index in [1.54, 1.807) is 0 Å². The van der Waals surface area contributed by atoms with Crippen LogP contribution in [-0.4, -0.2) is 27.5 Å². The van der Waals surface area contributed by atoms with Crippen molar-refractivity contribution >= 4 is 42.2 Å². The van der Waals surface area contributed by atoms with E-state index in [1.165, 1.54) is 16.1 Å². The van der Waals surface area contributed by atoms with E-state index in [1.807, 2.05) is 24.3 Å². The van der Waals surface area contributed by atoms with Crippen molar-refractivity contribution in [2.24, 2.45) is 5.92 Å². The number of thioether (sulfide) groups is 1. The second-order valence-corrected chi connectivity index (χ2v) is 5.45. The van der Waals surface area contributed by atoms with Gasteiger partial charge in [0, 0.05) is 4.90 Å². The molecule has 0 radical (unpaired) electrons. The molecule has 0 aromatic heterocycles. The minimum Gasteiger partial charge on any atom is -0.481 e. The molecule has 7 heteroatoms. The van der Waals surface area contributed by atoms with Gasteiger partial charge in [-0.1, -0.05) is 36.7 Å². The van der Waals surface area contributed by atoms with E-state index < -0.39 is 29.7 Å². The van der Waals surface area contributed by atoms with Crippen LogP contribution < -0.4 is 4.31 Å². The van der Waals surface area contributed by atoms with Crippen molar-refractivity contribution in [3.63, 3.8) is 0 Å². The maximum atomic E-state index is 11.2. The number of benzene rings is 1. The van der Waals surface area contributed by atoms with Gasteiger partial charge in [0.1, 0.15) is 5.37 Å². The first-order valence-corrected chi connectivity index (χ1v) is 6.47. The first kappa shape index (κ1) is 13.1. The van der Waals surface area contributed by atoms with Crippen LogP contribution in [0.1, 0.15) is 6.42 Å². The van der Waals surface area contributed by atoms with E-state index in [-0.39, 0.29) is 0 Å². The molecule has 1 aromatic carbocycles. The Hall–Kier alpha value is -1.34. The molecule has 0 bridgehead atoms. The third kappa shape index (κ3) is 2.41. The molecule has 2 rings (SSSR count). The van der Waals surface area contributed by atoms with Gasteiger partial charge in [-0.2, -0.15) is 0 Å². The number of rotatable bonds is 4. The molecule has 0 amide bonds. The van der Waals surface area contributed by atoms with Gasteiger partial charge in [-0.3, -0.25) is 9.59 Å². The van der Waals surface area contributed by atoms with Crippen molar-refractivity contribution in [1.29, 1.82) is 0 Å². The Balaban J connectivity index is 2.25. The van der Waals surface area contributed by atoms with E-state index in [4.69, 9.17) is 10.2 Å². The zero-order valence-corrected chi connectivity index (χ0v) is 10.9. The Labute approximate surface area is 113 Å². The topological polar surface area (TPSA) is 77.8 Å². The highest BCUT2D eigenvalue weighted by Gasteiger charge is 2.39. The Morgan fingerprint density at radius 3 is 2.61 bits per heavy atom. The van der Waals surface area contributed by atoms with Gasteiger partial charge in [-0.05, 0) is 12.1 Å². The maximum absolute atomic E-state index is 11.2. The van der Waals surface area contributed by atoms with Crippen LogP contribution >= 0.6 is 24.6 Å². The molecule has 0 spiro atoms. The van der Waals surface area contributed by atoms with Crippen molar-refractivity contribution < 1.29 is 19.8 Å². The number of carbonyl (C=O) groups is 2. The zero-order chi connectivity index (χ0) is 13.3. The van der Waals surface area contributed by atoms with Gasteiger partial charge >= 0.3 is 11.9 Å². The van der Waals surface area contributed by atoms with Crippen LogP contribution in [0.5, 0.6) is 0 Å². The van der Waals surface area contributed by atoms with Gasteiger partial charge in [-0.25, -0.2) is 0 Å². The van der Waals surface area contributed by atoms with Crippen molar-refractivity contribution in [3.8, 4) is 0 Å². The van der Waals surface area contributed by atoms with E-state index >= 15 is 0 Å². The molecule has 1 unspecified atom stereocenters. The molecule has 2 N–H and O–H groups in total. The number of aliphatic carboxylic acids is 2. The average molecular weight is 285 g/mol. The normalized spacial score (nSPS) is 19.4. The minimum absolute atomic E-state index is 0.419. The average Bonchev–Trinajstić information content (AvgIpc) is 2.64. The van der Waals surface area contributed by atoms with Crippen LogP contribution in [0.15, 0.2) is 29.2 Å². The van der Waals surface area contributed by atoms with Gasteiger partial charge in [0.25, 0.3) is 0 Å². The third-order valence-corrected chi connectivity index (χ3v) is 4.66. The van der Waals surface area contributed by atoms with E-state index in [0.717, 1.165) is 10.6 Å². The van der Waals surface area contributed by atoms with Crippen molar-refractivity contribution in [2.45, 2.75) is 16.7 Å². The summed E-state index contributed by atoms with van der Waals surface area (Å²) in [6.07, 6.45) is -0.419. The van der Waals surface area contributed by atoms with Gasteiger partial charge in [-0.15, -0.1) is 0 Å². The number of fused-ring (bicyclic) bond motifs is 1. The summed E-state index contributed by atoms with van der Waals surface area (Å²) >= 11 is 5.61. The van der Waals surface area contributed by atoms with Gasteiger partial charge in [0.05, 0.1) is 18.0 Å². The number of hydrogen-bond acceptors (Lipinski definition) is 5. The predicted octanol–water partition coefficient (Wildman–Crippen LogP) is 1.95. The number of anilines is 1. The summed E-state index contributed by atoms with van der Waals surface area (Å²) < 4.78 is 1.53. The van der Waals surface area contributed by atoms with Crippen molar-refractivity contribution in [1.82, 2.24) is 0 Å². The highest BCUT2D eigenvalue weighted by molar-refractivity contribution is 8.01. The number of nitrogens with zero attached hydrogens (tertiary/aromatic N) is 1. The van der Waals surface area contributed by atoms with Crippen LogP contribution in [0.2, 0.25) is 0 Å². The van der Waals surface area contributed by atoms with E-state index in [9.17, 15) is 9.59 Å². The fraction of sp³-hybridized carbons (Fsp3) is 0.273. The number of carboxylic acid groups (broad SMARTS) is 2. The Kier molecular flexibility index (Phi) is 3.72. The number of para-hydroxylation sites is 1. The van der Waals surface area contributed by atoms with Crippen LogP contribution in [0.4, 0.5) is 5.69 Å². The first-order chi connectivity index (χ1) is 8.50. The predicted molar refractivity (Wildman–Crippen MR) is 70.9 cm³/mol. The standard InChI is InChI=1S/C11H11NO4S2/c13-9(14)5-6(11(15)16)10-12(17)7-3-1-2-4-8(7)18-10/h1-4,6,10,17H,5H2,(H,13,14)(H,15,16)/t6?,10-/m0/s1. The monoisotopic (exact) mass is 285 g/mol. The maximum Gasteiger partial charge on any atom is 0.310 e. The van der Waals surface area contributed by atoms with Gasteiger partial charge < -0.3 is 14.5 Å². The summed E-state index contributed by atoms with van der Waals surface area (Å²) in [5.74, 6) is -3.25. The lowest BCUT2D eigenvalue weighted by molar-refractivity contribution is -0.148. The molecule has 0 aliphatic carbocycles. The number of carboxylic acids is 2. The number of thiol groups is 1. The molecule has 18 heavy (non-hydrogen) atoms. The number of hydrogen-bond donors (Lipinski definition) is 3. The molecule has 96 valence electrons. The molecule has 1 aliphatic rings. The molecule has 0 saturated heterocycles. The summed E-state index contributed by atoms with van der Waals surface area (Å²) in [6, 6.07) is 7.37. The molecular weight excluding hydrogens is 274 g/mol. The van der Waals surface area contributed by atoms with Crippen LogP contribution in [0.25, 0.3) is 0 Å².